The van der Waals surface area contributed by atoms with Gasteiger partial charge in [-0.1, -0.05) is 0 Å². The monoisotopic (exact) mass is 440 g/mol. The van der Waals surface area contributed by atoms with E-state index in [2.05, 4.69) is 20.0 Å². The third-order valence-electron chi connectivity index (χ3n) is 7.76. The van der Waals surface area contributed by atoms with Crippen molar-refractivity contribution in [3.63, 3.8) is 0 Å². The van der Waals surface area contributed by atoms with Crippen LogP contribution in [-0.4, -0.2) is 80.2 Å². The van der Waals surface area contributed by atoms with Gasteiger partial charge in [-0.2, -0.15) is 5.10 Å². The molecule has 2 aromatic rings. The molecule has 1 spiro atoms. The molecular weight excluding hydrogens is 408 g/mol. The Balaban J connectivity index is 1.33. The Morgan fingerprint density at radius 3 is 2.66 bits per heavy atom. The molecule has 0 radical (unpaired) electrons. The minimum atomic E-state index is -0.462. The standard InChI is InChI=1S/C23H32N6O3/c1-14-17(16(3)27(4)26-14)5-6-21(31)28-9-19-18(11-30)20-10-29(13-23(19,12-28)32-20)22-15(2)24-7-8-25-22/h7-8,18-20,30H,5-6,9-13H2,1-4H3/t18-,19+,20+,23-/m0/s1. The van der Waals surface area contributed by atoms with Gasteiger partial charge in [-0.05, 0) is 32.8 Å². The van der Waals surface area contributed by atoms with E-state index < -0.39 is 5.60 Å². The largest absolute Gasteiger partial charge is 0.396 e. The Labute approximate surface area is 188 Å². The van der Waals surface area contributed by atoms with Crippen LogP contribution in [0.15, 0.2) is 12.4 Å². The van der Waals surface area contributed by atoms with Gasteiger partial charge in [0.15, 0.2) is 0 Å². The molecule has 0 aromatic carbocycles. The zero-order valence-corrected chi connectivity index (χ0v) is 19.3. The predicted octanol–water partition coefficient (Wildman–Crippen LogP) is 0.793. The third kappa shape index (κ3) is 3.29. The van der Waals surface area contributed by atoms with E-state index in [0.29, 0.717) is 39.0 Å². The van der Waals surface area contributed by atoms with E-state index >= 15 is 0 Å². The van der Waals surface area contributed by atoms with Gasteiger partial charge in [-0.15, -0.1) is 0 Å². The zero-order chi connectivity index (χ0) is 22.6. The fourth-order valence-electron chi connectivity index (χ4n) is 6.07. The van der Waals surface area contributed by atoms with Gasteiger partial charge in [0.2, 0.25) is 5.91 Å². The number of aliphatic hydroxyl groups excluding tert-OH is 1. The maximum absolute atomic E-state index is 13.2. The number of ether oxygens (including phenoxy) is 1. The van der Waals surface area contributed by atoms with Gasteiger partial charge in [-0.3, -0.25) is 14.5 Å². The Kier molecular flexibility index (Phi) is 5.21. The van der Waals surface area contributed by atoms with E-state index in [0.717, 1.165) is 28.5 Å². The summed E-state index contributed by atoms with van der Waals surface area (Å²) in [4.78, 5) is 26.3. The first-order chi connectivity index (χ1) is 15.3. The number of aliphatic hydroxyl groups is 1. The van der Waals surface area contributed by atoms with Crippen molar-refractivity contribution in [1.29, 1.82) is 0 Å². The topological polar surface area (TPSA) is 96.6 Å². The highest BCUT2D eigenvalue weighted by molar-refractivity contribution is 5.77. The van der Waals surface area contributed by atoms with Gasteiger partial charge in [0.1, 0.15) is 11.4 Å². The summed E-state index contributed by atoms with van der Waals surface area (Å²) < 4.78 is 8.41. The normalized spacial score (nSPS) is 29.0. The summed E-state index contributed by atoms with van der Waals surface area (Å²) in [7, 11) is 1.94. The number of anilines is 1. The maximum Gasteiger partial charge on any atom is 0.223 e. The third-order valence-corrected chi connectivity index (χ3v) is 7.76. The average Bonchev–Trinajstić information content (AvgIpc) is 3.30. The second-order valence-electron chi connectivity index (χ2n) is 9.57. The van der Waals surface area contributed by atoms with Crippen LogP contribution in [-0.2, 0) is 23.0 Å². The Hall–Kier alpha value is -2.52. The summed E-state index contributed by atoms with van der Waals surface area (Å²) in [6.45, 7) is 8.63. The van der Waals surface area contributed by atoms with Gasteiger partial charge < -0.3 is 19.6 Å². The number of hydrogen-bond donors (Lipinski definition) is 1. The molecule has 2 bridgehead atoms. The zero-order valence-electron chi connectivity index (χ0n) is 19.3. The summed E-state index contributed by atoms with van der Waals surface area (Å²) in [5.74, 6) is 1.16. The van der Waals surface area contributed by atoms with Crippen molar-refractivity contribution in [2.24, 2.45) is 18.9 Å². The molecule has 0 aliphatic carbocycles. The van der Waals surface area contributed by atoms with Crippen LogP contribution in [0.1, 0.15) is 29.1 Å². The molecule has 0 saturated carbocycles. The highest BCUT2D eigenvalue weighted by atomic mass is 16.5. The predicted molar refractivity (Wildman–Crippen MR) is 118 cm³/mol. The number of aryl methyl sites for hydroxylation is 3. The van der Waals surface area contributed by atoms with Crippen LogP contribution >= 0.6 is 0 Å². The van der Waals surface area contributed by atoms with Crippen molar-refractivity contribution in [2.45, 2.75) is 45.3 Å². The number of hydrogen-bond acceptors (Lipinski definition) is 7. The number of carbonyl (C=O) groups is 1. The first-order valence-electron chi connectivity index (χ1n) is 11.4. The molecule has 172 valence electrons. The number of rotatable bonds is 5. The summed E-state index contributed by atoms with van der Waals surface area (Å²) >= 11 is 0. The highest BCUT2D eigenvalue weighted by Crippen LogP contribution is 2.49. The van der Waals surface area contributed by atoms with E-state index in [1.165, 1.54) is 0 Å². The van der Waals surface area contributed by atoms with Crippen LogP contribution in [0.25, 0.3) is 0 Å². The van der Waals surface area contributed by atoms with Crippen molar-refractivity contribution in [1.82, 2.24) is 24.6 Å². The SMILES string of the molecule is Cc1nccnc1N1C[C@H]2O[C@@]3(CN(C(=O)CCc4c(C)nn(C)c4C)C[C@@H]3[C@@H]2CO)C1. The lowest BCUT2D eigenvalue weighted by molar-refractivity contribution is -0.133. The van der Waals surface area contributed by atoms with Gasteiger partial charge in [0.05, 0.1) is 30.6 Å². The van der Waals surface area contributed by atoms with Gasteiger partial charge in [0, 0.05) is 63.1 Å². The summed E-state index contributed by atoms with van der Waals surface area (Å²) in [5, 5.41) is 14.6. The molecule has 3 aliphatic rings. The molecule has 1 amide bonds. The molecule has 9 nitrogen and oxygen atoms in total. The van der Waals surface area contributed by atoms with Crippen molar-refractivity contribution in [3.8, 4) is 0 Å². The highest BCUT2D eigenvalue weighted by Gasteiger charge is 2.63. The first kappa shape index (κ1) is 21.3. The molecule has 1 N–H and O–H groups in total. The first-order valence-corrected chi connectivity index (χ1v) is 11.4. The minimum absolute atomic E-state index is 0.0255. The molecule has 0 unspecified atom stereocenters. The molecule has 9 heteroatoms. The number of amides is 1. The molecule has 3 fully saturated rings. The second kappa shape index (κ2) is 7.81. The Bertz CT molecular complexity index is 1040. The van der Waals surface area contributed by atoms with Gasteiger partial charge in [-0.25, -0.2) is 4.98 Å². The second-order valence-corrected chi connectivity index (χ2v) is 9.57. The smallest absolute Gasteiger partial charge is 0.223 e. The van der Waals surface area contributed by atoms with Gasteiger partial charge in [0.25, 0.3) is 0 Å². The van der Waals surface area contributed by atoms with Crippen LogP contribution in [0.4, 0.5) is 5.82 Å². The van der Waals surface area contributed by atoms with E-state index in [1.807, 2.05) is 37.4 Å². The molecule has 5 rings (SSSR count). The van der Waals surface area contributed by atoms with Crippen LogP contribution in [0.3, 0.4) is 0 Å². The fraction of sp³-hybridized carbons (Fsp3) is 0.652. The lowest BCUT2D eigenvalue weighted by Crippen LogP contribution is -2.55. The summed E-state index contributed by atoms with van der Waals surface area (Å²) in [6, 6.07) is 0. The van der Waals surface area contributed by atoms with E-state index in [4.69, 9.17) is 4.74 Å². The Morgan fingerprint density at radius 1 is 1.19 bits per heavy atom. The molecule has 32 heavy (non-hydrogen) atoms. The summed E-state index contributed by atoms with van der Waals surface area (Å²) in [5.41, 5.74) is 3.68. The fourth-order valence-corrected chi connectivity index (χ4v) is 6.07. The molecule has 4 atom stereocenters. The maximum atomic E-state index is 13.2. The lowest BCUT2D eigenvalue weighted by atomic mass is 9.83. The minimum Gasteiger partial charge on any atom is -0.396 e. The molecule has 3 saturated heterocycles. The number of aromatic nitrogens is 4. The van der Waals surface area contributed by atoms with Crippen molar-refractivity contribution in [3.05, 3.63) is 35.0 Å². The number of fused-ring (bicyclic) bond motifs is 1. The Morgan fingerprint density at radius 2 is 1.97 bits per heavy atom. The van der Waals surface area contributed by atoms with Crippen LogP contribution in [0, 0.1) is 32.6 Å². The average molecular weight is 441 g/mol. The van der Waals surface area contributed by atoms with Crippen LogP contribution in [0.5, 0.6) is 0 Å². The number of carbonyl (C=O) groups excluding carboxylic acids is 1. The molecule has 5 heterocycles. The van der Waals surface area contributed by atoms with Crippen molar-refractivity contribution in [2.75, 3.05) is 37.7 Å². The van der Waals surface area contributed by atoms with Crippen molar-refractivity contribution < 1.29 is 14.6 Å². The number of likely N-dealkylation sites (tertiary alicyclic amines) is 1. The molecular formula is C23H32N6O3. The molecule has 2 aromatic heterocycles. The molecule has 3 aliphatic heterocycles. The summed E-state index contributed by atoms with van der Waals surface area (Å²) in [6.07, 6.45) is 4.50. The number of nitrogens with zero attached hydrogens (tertiary/aromatic N) is 6. The van der Waals surface area contributed by atoms with Gasteiger partial charge >= 0.3 is 0 Å². The van der Waals surface area contributed by atoms with E-state index in [9.17, 15) is 9.90 Å². The van der Waals surface area contributed by atoms with E-state index in [1.54, 1.807) is 12.4 Å². The van der Waals surface area contributed by atoms with Crippen LogP contribution in [0.2, 0.25) is 0 Å². The lowest BCUT2D eigenvalue weighted by Gasteiger charge is -2.41. The van der Waals surface area contributed by atoms with Crippen LogP contribution < -0.4 is 4.90 Å². The number of morpholine rings is 1. The quantitative estimate of drug-likeness (QED) is 0.734. The van der Waals surface area contributed by atoms with Crippen molar-refractivity contribution >= 4 is 11.7 Å². The van der Waals surface area contributed by atoms with E-state index in [-0.39, 0.29) is 30.5 Å².